The summed E-state index contributed by atoms with van der Waals surface area (Å²) in [6.45, 7) is -0.456. The van der Waals surface area contributed by atoms with Crippen LogP contribution in [0, 0.1) is 0 Å². The van der Waals surface area contributed by atoms with Gasteiger partial charge in [-0.2, -0.15) is 0 Å². The van der Waals surface area contributed by atoms with Gasteiger partial charge in [0.25, 0.3) is 11.8 Å². The fraction of sp³-hybridized carbons (Fsp3) is 0.375. The molecule has 3 atom stereocenters. The molecule has 15 heteroatoms. The minimum atomic E-state index is -1.11. The van der Waals surface area contributed by atoms with Crippen molar-refractivity contribution in [1.29, 1.82) is 0 Å². The van der Waals surface area contributed by atoms with Crippen LogP contribution in [0.15, 0.2) is 81.8 Å². The maximum absolute atomic E-state index is 12.9. The van der Waals surface area contributed by atoms with Crippen molar-refractivity contribution >= 4 is 12.2 Å². The Hall–Kier alpha value is -5.12. The van der Waals surface area contributed by atoms with Gasteiger partial charge < -0.3 is 53.2 Å². The summed E-state index contributed by atoms with van der Waals surface area (Å²) < 4.78 is 40.9. The molecule has 3 N–H and O–H groups in total. The van der Waals surface area contributed by atoms with Crippen LogP contribution in [0.5, 0.6) is 11.8 Å². The largest absolute Gasteiger partial charge is 0.448 e. The molecule has 47 heavy (non-hydrogen) atoms. The molecule has 15 nitrogen and oxygen atoms in total. The molecular formula is C32H38N4O11. The summed E-state index contributed by atoms with van der Waals surface area (Å²) in [6.07, 6.45) is -1.88. The smallest absolute Gasteiger partial charge is 0.407 e. The Morgan fingerprint density at radius 2 is 1.23 bits per heavy atom. The third-order valence-electron chi connectivity index (χ3n) is 6.65. The molecule has 0 bridgehead atoms. The van der Waals surface area contributed by atoms with Crippen LogP contribution < -0.4 is 20.1 Å². The van der Waals surface area contributed by atoms with E-state index in [2.05, 4.69) is 20.9 Å². The van der Waals surface area contributed by atoms with Crippen molar-refractivity contribution in [2.45, 2.75) is 50.7 Å². The topological polar surface area (TPSA) is 186 Å². The second-order valence-corrected chi connectivity index (χ2v) is 10.3. The van der Waals surface area contributed by atoms with E-state index in [1.54, 1.807) is 0 Å². The highest BCUT2D eigenvalue weighted by Gasteiger charge is 2.27. The Labute approximate surface area is 271 Å². The molecule has 0 aliphatic rings. The van der Waals surface area contributed by atoms with Crippen molar-refractivity contribution in [3.05, 3.63) is 95.4 Å². The number of carbonyl (C=O) groups excluding carboxylic acids is 2. The number of nitrogens with one attached hydrogen (secondary N) is 2. The summed E-state index contributed by atoms with van der Waals surface area (Å²) in [6, 6.07) is 20.4. The molecule has 2 heterocycles. The molecule has 0 radical (unpaired) electrons. The first kappa shape index (κ1) is 34.7. The first-order valence-electron chi connectivity index (χ1n) is 14.7. The normalized spacial score (nSPS) is 12.8. The number of benzene rings is 2. The number of nitrogens with zero attached hydrogens (tertiary/aromatic N) is 2. The Kier molecular flexibility index (Phi) is 13.9. The third kappa shape index (κ3) is 12.3. The molecule has 2 aromatic heterocycles. The lowest BCUT2D eigenvalue weighted by molar-refractivity contribution is 0.0450. The van der Waals surface area contributed by atoms with Gasteiger partial charge in [0, 0.05) is 32.4 Å². The number of methoxy groups -OCH3 is 2. The van der Waals surface area contributed by atoms with Crippen LogP contribution in [0.4, 0.5) is 9.59 Å². The number of aliphatic hydroxyl groups excluding tert-OH is 1. The summed E-state index contributed by atoms with van der Waals surface area (Å²) in [5, 5.41) is 24.5. The lowest BCUT2D eigenvalue weighted by atomic mass is 9.94. The van der Waals surface area contributed by atoms with Gasteiger partial charge >= 0.3 is 12.2 Å². The van der Waals surface area contributed by atoms with Crippen LogP contribution in [0.2, 0.25) is 0 Å². The van der Waals surface area contributed by atoms with E-state index < -0.39 is 30.4 Å². The highest BCUT2D eigenvalue weighted by Crippen LogP contribution is 2.17. The molecule has 0 aliphatic heterocycles. The minimum absolute atomic E-state index is 0.0122. The molecule has 4 rings (SSSR count). The molecule has 0 saturated carbocycles. The first-order chi connectivity index (χ1) is 22.9. The Morgan fingerprint density at radius 3 is 1.74 bits per heavy atom. The maximum Gasteiger partial charge on any atom is 0.407 e. The molecule has 0 unspecified atom stereocenters. The molecule has 0 spiro atoms. The van der Waals surface area contributed by atoms with Gasteiger partial charge in [0.15, 0.2) is 38.3 Å². The number of ether oxygens (including phenoxy) is 6. The summed E-state index contributed by atoms with van der Waals surface area (Å²) in [5.41, 5.74) is 1.80. The lowest BCUT2D eigenvalue weighted by Crippen LogP contribution is -2.48. The van der Waals surface area contributed by atoms with Crippen LogP contribution in [-0.4, -0.2) is 73.6 Å². The van der Waals surface area contributed by atoms with E-state index in [4.69, 9.17) is 37.5 Å². The standard InChI is InChI=1S/C32H38N4O11/c1-40-20-44-29-16-25(46-35-29)18-42-31(38)33-24(13-22-9-5-3-6-10-22)15-28(37)27(14-23-11-7-4-8-12-23)34-32(39)43-19-26-17-30(36-47-26)45-21-41-2/h3-12,16-17,24,27-28,37H,13-15,18-21H2,1-2H3,(H,33,38)(H,34,39)/t24-,27-,28-/m0/s1. The van der Waals surface area contributed by atoms with Crippen molar-refractivity contribution in [2.24, 2.45) is 0 Å². The van der Waals surface area contributed by atoms with E-state index in [9.17, 15) is 14.7 Å². The SMILES string of the molecule is COCOc1cc(COC(=O)N[C@@H](Cc2ccccc2)C[C@H](O)[C@H](Cc2ccccc2)NC(=O)OCc2cc(OCOC)no2)on1. The van der Waals surface area contributed by atoms with E-state index in [-0.39, 0.29) is 62.9 Å². The van der Waals surface area contributed by atoms with Gasteiger partial charge in [-0.05, 0) is 40.7 Å². The van der Waals surface area contributed by atoms with Crippen LogP contribution in [0.25, 0.3) is 0 Å². The minimum Gasteiger partial charge on any atom is -0.448 e. The lowest BCUT2D eigenvalue weighted by Gasteiger charge is -2.28. The number of hydrogen-bond donors (Lipinski definition) is 3. The predicted molar refractivity (Wildman–Crippen MR) is 163 cm³/mol. The molecule has 4 aromatic rings. The zero-order chi connectivity index (χ0) is 33.3. The summed E-state index contributed by atoms with van der Waals surface area (Å²) in [4.78, 5) is 25.7. The first-order valence-corrected chi connectivity index (χ1v) is 14.7. The van der Waals surface area contributed by atoms with Crippen molar-refractivity contribution in [1.82, 2.24) is 20.9 Å². The number of hydrogen-bond acceptors (Lipinski definition) is 13. The van der Waals surface area contributed by atoms with Crippen molar-refractivity contribution in [3.8, 4) is 11.8 Å². The summed E-state index contributed by atoms with van der Waals surface area (Å²) >= 11 is 0. The summed E-state index contributed by atoms with van der Waals surface area (Å²) in [5.74, 6) is 0.884. The second kappa shape index (κ2) is 18.8. The predicted octanol–water partition coefficient (Wildman–Crippen LogP) is 3.75. The number of aromatic nitrogens is 2. The molecule has 0 saturated heterocycles. The average molecular weight is 655 g/mol. The Bertz CT molecular complexity index is 1480. The van der Waals surface area contributed by atoms with E-state index >= 15 is 0 Å². The van der Waals surface area contributed by atoms with Crippen molar-refractivity contribution in [2.75, 3.05) is 27.8 Å². The van der Waals surface area contributed by atoms with Crippen LogP contribution in [0.3, 0.4) is 0 Å². The van der Waals surface area contributed by atoms with Gasteiger partial charge in [-0.15, -0.1) is 0 Å². The van der Waals surface area contributed by atoms with Gasteiger partial charge in [-0.3, -0.25) is 0 Å². The van der Waals surface area contributed by atoms with E-state index in [1.165, 1.54) is 26.4 Å². The van der Waals surface area contributed by atoms with Crippen LogP contribution in [-0.2, 0) is 45.0 Å². The molecule has 0 fully saturated rings. The van der Waals surface area contributed by atoms with E-state index in [0.717, 1.165) is 11.1 Å². The quantitative estimate of drug-likeness (QED) is 0.124. The second-order valence-electron chi connectivity index (χ2n) is 10.3. The average Bonchev–Trinajstić information content (AvgIpc) is 3.74. The zero-order valence-electron chi connectivity index (χ0n) is 26.0. The number of alkyl carbamates (subject to hydrolysis) is 2. The Morgan fingerprint density at radius 1 is 0.745 bits per heavy atom. The molecule has 0 aliphatic carbocycles. The molecule has 2 aromatic carbocycles. The van der Waals surface area contributed by atoms with Gasteiger partial charge in [-0.1, -0.05) is 60.7 Å². The van der Waals surface area contributed by atoms with Crippen LogP contribution >= 0.6 is 0 Å². The van der Waals surface area contributed by atoms with Crippen molar-refractivity contribution in [3.63, 3.8) is 0 Å². The van der Waals surface area contributed by atoms with Gasteiger partial charge in [0.05, 0.1) is 12.1 Å². The van der Waals surface area contributed by atoms with Gasteiger partial charge in [0.2, 0.25) is 0 Å². The van der Waals surface area contributed by atoms with Gasteiger partial charge in [-0.25, -0.2) is 9.59 Å². The highest BCUT2D eigenvalue weighted by molar-refractivity contribution is 5.68. The van der Waals surface area contributed by atoms with E-state index in [0.29, 0.717) is 6.42 Å². The zero-order valence-corrected chi connectivity index (χ0v) is 26.0. The molecule has 2 amide bonds. The van der Waals surface area contributed by atoms with E-state index in [1.807, 2.05) is 60.7 Å². The molecule has 252 valence electrons. The number of aliphatic hydroxyl groups is 1. The fourth-order valence-corrected chi connectivity index (χ4v) is 4.47. The van der Waals surface area contributed by atoms with Crippen molar-refractivity contribution < 1.29 is 52.2 Å². The highest BCUT2D eigenvalue weighted by atomic mass is 16.7. The third-order valence-corrected chi connectivity index (χ3v) is 6.65. The molecular weight excluding hydrogens is 616 g/mol. The Balaban J connectivity index is 1.39. The van der Waals surface area contributed by atoms with Crippen LogP contribution in [0.1, 0.15) is 29.1 Å². The monoisotopic (exact) mass is 654 g/mol. The number of rotatable bonds is 19. The number of carbonyl (C=O) groups is 2. The number of amides is 2. The van der Waals surface area contributed by atoms with Gasteiger partial charge in [0.1, 0.15) is 0 Å². The fourth-order valence-electron chi connectivity index (χ4n) is 4.47. The summed E-state index contributed by atoms with van der Waals surface area (Å²) in [7, 11) is 2.94. The maximum atomic E-state index is 12.9.